The number of carbonyl (C=O) groups excluding carboxylic acids is 1. The van der Waals surface area contributed by atoms with Crippen LogP contribution in [0.3, 0.4) is 0 Å². The fourth-order valence-corrected chi connectivity index (χ4v) is 2.58. The standard InChI is InChI=1S/C15H15NO5S/c1-12-2-4-14(5-3-12)22(18,19)21-9-8-20-15-6-7-16-10-13(15)11-17/h2-7,10-11H,8-9H2,1H3. The van der Waals surface area contributed by atoms with Crippen molar-refractivity contribution in [3.63, 3.8) is 0 Å². The summed E-state index contributed by atoms with van der Waals surface area (Å²) in [6, 6.07) is 7.89. The molecule has 2 rings (SSSR count). The predicted molar refractivity (Wildman–Crippen MR) is 79.4 cm³/mol. The van der Waals surface area contributed by atoms with E-state index in [1.807, 2.05) is 6.92 Å². The highest BCUT2D eigenvalue weighted by Crippen LogP contribution is 2.15. The number of aldehydes is 1. The normalized spacial score (nSPS) is 11.1. The molecule has 0 bridgehead atoms. The van der Waals surface area contributed by atoms with Crippen LogP contribution in [0.5, 0.6) is 5.75 Å². The number of pyridine rings is 1. The molecule has 1 aromatic carbocycles. The summed E-state index contributed by atoms with van der Waals surface area (Å²) in [4.78, 5) is 14.7. The highest BCUT2D eigenvalue weighted by molar-refractivity contribution is 7.86. The van der Waals surface area contributed by atoms with E-state index in [9.17, 15) is 13.2 Å². The molecule has 0 unspecified atom stereocenters. The van der Waals surface area contributed by atoms with E-state index in [2.05, 4.69) is 4.98 Å². The van der Waals surface area contributed by atoms with Gasteiger partial charge >= 0.3 is 0 Å². The molecule has 7 heteroatoms. The first-order valence-electron chi connectivity index (χ1n) is 6.51. The maximum Gasteiger partial charge on any atom is 0.297 e. The Morgan fingerprint density at radius 3 is 2.55 bits per heavy atom. The Kier molecular flexibility index (Phi) is 5.24. The van der Waals surface area contributed by atoms with E-state index in [-0.39, 0.29) is 18.1 Å². The van der Waals surface area contributed by atoms with Gasteiger partial charge in [-0.3, -0.25) is 14.0 Å². The summed E-state index contributed by atoms with van der Waals surface area (Å²) in [6.45, 7) is 1.71. The van der Waals surface area contributed by atoms with E-state index in [1.165, 1.54) is 30.6 Å². The number of aryl methyl sites for hydroxylation is 1. The van der Waals surface area contributed by atoms with Gasteiger partial charge in [-0.2, -0.15) is 8.42 Å². The number of aromatic nitrogens is 1. The van der Waals surface area contributed by atoms with Crippen molar-refractivity contribution in [2.45, 2.75) is 11.8 Å². The number of ether oxygens (including phenoxy) is 1. The molecule has 0 spiro atoms. The largest absolute Gasteiger partial charge is 0.490 e. The molecule has 1 heterocycles. The molecule has 0 aliphatic carbocycles. The summed E-state index contributed by atoms with van der Waals surface area (Å²) in [6.07, 6.45) is 3.46. The number of hydrogen-bond acceptors (Lipinski definition) is 6. The number of benzene rings is 1. The van der Waals surface area contributed by atoms with Gasteiger partial charge in [0.05, 0.1) is 10.5 Å². The third-order valence-electron chi connectivity index (χ3n) is 2.83. The second-order valence-electron chi connectivity index (χ2n) is 4.47. The van der Waals surface area contributed by atoms with Crippen LogP contribution in [-0.4, -0.2) is 32.9 Å². The SMILES string of the molecule is Cc1ccc(S(=O)(=O)OCCOc2ccncc2C=O)cc1. The Hall–Kier alpha value is -2.25. The molecule has 0 fully saturated rings. The van der Waals surface area contributed by atoms with Gasteiger partial charge in [-0.05, 0) is 25.1 Å². The maximum atomic E-state index is 11.9. The summed E-state index contributed by atoms with van der Waals surface area (Å²) in [5.41, 5.74) is 1.25. The molecule has 0 saturated carbocycles. The predicted octanol–water partition coefficient (Wildman–Crippen LogP) is 1.99. The van der Waals surface area contributed by atoms with Crippen LogP contribution < -0.4 is 4.74 Å². The lowest BCUT2D eigenvalue weighted by Gasteiger charge is -2.09. The Balaban J connectivity index is 1.90. The zero-order chi connectivity index (χ0) is 16.0. The van der Waals surface area contributed by atoms with Crippen molar-refractivity contribution in [3.05, 3.63) is 53.9 Å². The van der Waals surface area contributed by atoms with Gasteiger partial charge in [0.2, 0.25) is 0 Å². The van der Waals surface area contributed by atoms with Crippen LogP contribution in [0.2, 0.25) is 0 Å². The van der Waals surface area contributed by atoms with Gasteiger partial charge in [0.1, 0.15) is 19.0 Å². The van der Waals surface area contributed by atoms with Crippen LogP contribution in [0.4, 0.5) is 0 Å². The number of nitrogens with zero attached hydrogens (tertiary/aromatic N) is 1. The quantitative estimate of drug-likeness (QED) is 0.440. The average Bonchev–Trinajstić information content (AvgIpc) is 2.52. The third-order valence-corrected chi connectivity index (χ3v) is 4.15. The van der Waals surface area contributed by atoms with Crippen LogP contribution in [0.25, 0.3) is 0 Å². The molecule has 0 saturated heterocycles. The van der Waals surface area contributed by atoms with Crippen molar-refractivity contribution in [2.24, 2.45) is 0 Å². The lowest BCUT2D eigenvalue weighted by atomic mass is 10.2. The molecule has 22 heavy (non-hydrogen) atoms. The zero-order valence-electron chi connectivity index (χ0n) is 11.9. The second-order valence-corrected chi connectivity index (χ2v) is 6.08. The smallest absolute Gasteiger partial charge is 0.297 e. The van der Waals surface area contributed by atoms with Crippen molar-refractivity contribution < 1.29 is 22.1 Å². The highest BCUT2D eigenvalue weighted by atomic mass is 32.2. The number of rotatable bonds is 7. The molecule has 2 aromatic rings. The molecule has 0 radical (unpaired) electrons. The molecule has 0 aliphatic heterocycles. The van der Waals surface area contributed by atoms with E-state index in [0.29, 0.717) is 17.6 Å². The van der Waals surface area contributed by atoms with Crippen LogP contribution in [0.1, 0.15) is 15.9 Å². The monoisotopic (exact) mass is 321 g/mol. The van der Waals surface area contributed by atoms with Crippen LogP contribution >= 0.6 is 0 Å². The fourth-order valence-electron chi connectivity index (χ4n) is 1.68. The Labute approximate surface area is 128 Å². The Morgan fingerprint density at radius 2 is 1.86 bits per heavy atom. The zero-order valence-corrected chi connectivity index (χ0v) is 12.7. The topological polar surface area (TPSA) is 82.6 Å². The first-order valence-corrected chi connectivity index (χ1v) is 7.92. The fraction of sp³-hybridized carbons (Fsp3) is 0.200. The van der Waals surface area contributed by atoms with E-state index in [0.717, 1.165) is 5.56 Å². The molecule has 0 atom stereocenters. The van der Waals surface area contributed by atoms with Crippen LogP contribution in [0, 0.1) is 6.92 Å². The van der Waals surface area contributed by atoms with Crippen molar-refractivity contribution in [3.8, 4) is 5.75 Å². The molecule has 1 aromatic heterocycles. The van der Waals surface area contributed by atoms with Crippen molar-refractivity contribution >= 4 is 16.4 Å². The molecule has 0 N–H and O–H groups in total. The number of carbonyl (C=O) groups is 1. The minimum absolute atomic E-state index is 0.00402. The van der Waals surface area contributed by atoms with Gasteiger partial charge in [0.25, 0.3) is 10.1 Å². The first-order chi connectivity index (χ1) is 10.5. The molecular formula is C15H15NO5S. The van der Waals surface area contributed by atoms with Crippen LogP contribution in [0.15, 0.2) is 47.6 Å². The summed E-state index contributed by atoms with van der Waals surface area (Å²) in [5, 5.41) is 0. The van der Waals surface area contributed by atoms with Crippen LogP contribution in [-0.2, 0) is 14.3 Å². The van der Waals surface area contributed by atoms with E-state index in [1.54, 1.807) is 12.1 Å². The van der Waals surface area contributed by atoms with Gasteiger partial charge < -0.3 is 4.74 Å². The summed E-state index contributed by atoms with van der Waals surface area (Å²) < 4.78 is 34.1. The van der Waals surface area contributed by atoms with E-state index >= 15 is 0 Å². The Morgan fingerprint density at radius 1 is 1.14 bits per heavy atom. The van der Waals surface area contributed by atoms with Gasteiger partial charge in [0.15, 0.2) is 6.29 Å². The van der Waals surface area contributed by atoms with Gasteiger partial charge in [-0.15, -0.1) is 0 Å². The van der Waals surface area contributed by atoms with E-state index < -0.39 is 10.1 Å². The van der Waals surface area contributed by atoms with E-state index in [4.69, 9.17) is 8.92 Å². The summed E-state index contributed by atoms with van der Waals surface area (Å²) in [7, 11) is -3.81. The van der Waals surface area contributed by atoms with Gasteiger partial charge in [-0.25, -0.2) is 0 Å². The lowest BCUT2D eigenvalue weighted by Crippen LogP contribution is -2.13. The molecule has 116 valence electrons. The maximum absolute atomic E-state index is 11.9. The first kappa shape index (κ1) is 16.1. The van der Waals surface area contributed by atoms with Gasteiger partial charge in [-0.1, -0.05) is 17.7 Å². The van der Waals surface area contributed by atoms with Crippen molar-refractivity contribution in [2.75, 3.05) is 13.2 Å². The lowest BCUT2D eigenvalue weighted by molar-refractivity contribution is 0.111. The molecule has 0 aliphatic rings. The second kappa shape index (κ2) is 7.15. The van der Waals surface area contributed by atoms with Gasteiger partial charge in [0, 0.05) is 12.4 Å². The third kappa shape index (κ3) is 4.12. The average molecular weight is 321 g/mol. The van der Waals surface area contributed by atoms with Crippen molar-refractivity contribution in [1.82, 2.24) is 4.98 Å². The molecule has 6 nitrogen and oxygen atoms in total. The summed E-state index contributed by atoms with van der Waals surface area (Å²) >= 11 is 0. The Bertz CT molecular complexity index is 741. The minimum atomic E-state index is -3.81. The minimum Gasteiger partial charge on any atom is -0.490 e. The highest BCUT2D eigenvalue weighted by Gasteiger charge is 2.14. The summed E-state index contributed by atoms with van der Waals surface area (Å²) in [5.74, 6) is 0.335. The molecular weight excluding hydrogens is 306 g/mol. The van der Waals surface area contributed by atoms with Crippen molar-refractivity contribution in [1.29, 1.82) is 0 Å². The molecule has 0 amide bonds. The number of hydrogen-bond donors (Lipinski definition) is 0.